The van der Waals surface area contributed by atoms with E-state index in [0.29, 0.717) is 11.9 Å². The van der Waals surface area contributed by atoms with Gasteiger partial charge in [-0.3, -0.25) is 24.7 Å². The van der Waals surface area contributed by atoms with E-state index in [2.05, 4.69) is 25.6 Å². The van der Waals surface area contributed by atoms with Crippen LogP contribution in [0.4, 0.5) is 5.88 Å². The molecule has 1 saturated heterocycles. The summed E-state index contributed by atoms with van der Waals surface area (Å²) in [7, 11) is 0. The fourth-order valence-corrected chi connectivity index (χ4v) is 3.04. The summed E-state index contributed by atoms with van der Waals surface area (Å²) in [5, 5.41) is 9.58. The second kappa shape index (κ2) is 7.53. The number of piperazine rings is 1. The zero-order valence-electron chi connectivity index (χ0n) is 15.1. The number of anilines is 1. The molecule has 1 aromatic heterocycles. The standard InChI is InChI=1S/C17H27N5O3/c1-11-10-15(25-20-11)19-17(24)13(3)22-8-6-21(7-9-22)12(2)16(23)18-14-4-5-14/h10,12-14H,4-9H2,1-3H3,(H,18,23)(H,19,24). The zero-order valence-corrected chi connectivity index (χ0v) is 15.1. The van der Waals surface area contributed by atoms with Gasteiger partial charge in [0, 0.05) is 38.3 Å². The summed E-state index contributed by atoms with van der Waals surface area (Å²) >= 11 is 0. The molecule has 0 aromatic carbocycles. The van der Waals surface area contributed by atoms with Crippen LogP contribution < -0.4 is 10.6 Å². The number of rotatable bonds is 6. The molecule has 1 aromatic rings. The zero-order chi connectivity index (χ0) is 18.0. The van der Waals surface area contributed by atoms with Gasteiger partial charge in [0.1, 0.15) is 0 Å². The first kappa shape index (κ1) is 17.9. The van der Waals surface area contributed by atoms with Crippen molar-refractivity contribution >= 4 is 17.7 Å². The van der Waals surface area contributed by atoms with Gasteiger partial charge in [-0.15, -0.1) is 0 Å². The number of aromatic nitrogens is 1. The average molecular weight is 349 g/mol. The quantitative estimate of drug-likeness (QED) is 0.781. The van der Waals surface area contributed by atoms with E-state index in [1.54, 1.807) is 6.07 Å². The largest absolute Gasteiger partial charge is 0.352 e. The minimum atomic E-state index is -0.261. The van der Waals surface area contributed by atoms with Gasteiger partial charge in [0.2, 0.25) is 17.7 Å². The van der Waals surface area contributed by atoms with Gasteiger partial charge in [0.05, 0.1) is 17.8 Å². The van der Waals surface area contributed by atoms with Crippen LogP contribution in [0.3, 0.4) is 0 Å². The van der Waals surface area contributed by atoms with Crippen LogP contribution in [0, 0.1) is 6.92 Å². The number of aryl methyl sites for hydroxylation is 1. The molecule has 138 valence electrons. The van der Waals surface area contributed by atoms with E-state index in [0.717, 1.165) is 44.7 Å². The average Bonchev–Trinajstić information content (AvgIpc) is 3.33. The van der Waals surface area contributed by atoms with Gasteiger partial charge in [-0.2, -0.15) is 0 Å². The summed E-state index contributed by atoms with van der Waals surface area (Å²) < 4.78 is 5.03. The van der Waals surface area contributed by atoms with Crippen LogP contribution >= 0.6 is 0 Å². The van der Waals surface area contributed by atoms with E-state index >= 15 is 0 Å². The number of nitrogens with zero attached hydrogens (tertiary/aromatic N) is 3. The Morgan fingerprint density at radius 3 is 2.16 bits per heavy atom. The van der Waals surface area contributed by atoms with Crippen LogP contribution in [0.2, 0.25) is 0 Å². The van der Waals surface area contributed by atoms with Gasteiger partial charge in [-0.05, 0) is 33.6 Å². The van der Waals surface area contributed by atoms with Crippen LogP contribution in [0.15, 0.2) is 10.6 Å². The molecular formula is C17H27N5O3. The van der Waals surface area contributed by atoms with Crippen molar-refractivity contribution in [1.82, 2.24) is 20.3 Å². The molecule has 2 heterocycles. The number of amides is 2. The highest BCUT2D eigenvalue weighted by Gasteiger charge is 2.32. The summed E-state index contributed by atoms with van der Waals surface area (Å²) in [6, 6.07) is 1.70. The fraction of sp³-hybridized carbons (Fsp3) is 0.706. The molecule has 25 heavy (non-hydrogen) atoms. The Labute approximate surface area is 147 Å². The molecule has 2 unspecified atom stereocenters. The van der Waals surface area contributed by atoms with Crippen molar-refractivity contribution in [1.29, 1.82) is 0 Å². The molecule has 2 fully saturated rings. The first-order valence-corrected chi connectivity index (χ1v) is 8.96. The molecule has 3 rings (SSSR count). The Morgan fingerprint density at radius 1 is 1.12 bits per heavy atom. The smallest absolute Gasteiger partial charge is 0.243 e. The van der Waals surface area contributed by atoms with Crippen LogP contribution in [0.25, 0.3) is 0 Å². The molecular weight excluding hydrogens is 322 g/mol. The van der Waals surface area contributed by atoms with Crippen molar-refractivity contribution in [2.24, 2.45) is 0 Å². The minimum Gasteiger partial charge on any atom is -0.352 e. The van der Waals surface area contributed by atoms with Gasteiger partial charge in [-0.25, -0.2) is 0 Å². The molecule has 8 nitrogen and oxygen atoms in total. The number of carbonyl (C=O) groups is 2. The maximum atomic E-state index is 12.4. The number of carbonyl (C=O) groups excluding carboxylic acids is 2. The SMILES string of the molecule is Cc1cc(NC(=O)C(C)N2CCN(C(C)C(=O)NC3CC3)CC2)on1. The lowest BCUT2D eigenvalue weighted by atomic mass is 10.1. The fourth-order valence-electron chi connectivity index (χ4n) is 3.04. The molecule has 1 aliphatic carbocycles. The third kappa shape index (κ3) is 4.58. The molecule has 2 N–H and O–H groups in total. The van der Waals surface area contributed by atoms with Crippen molar-refractivity contribution in [3.63, 3.8) is 0 Å². The molecule has 0 spiro atoms. The number of hydrogen-bond donors (Lipinski definition) is 2. The summed E-state index contributed by atoms with van der Waals surface area (Å²) in [5.41, 5.74) is 0.732. The normalized spacial score (nSPS) is 21.6. The predicted molar refractivity (Wildman–Crippen MR) is 93.1 cm³/mol. The lowest BCUT2D eigenvalue weighted by molar-refractivity contribution is -0.128. The highest BCUT2D eigenvalue weighted by molar-refractivity contribution is 5.93. The van der Waals surface area contributed by atoms with Gasteiger partial charge in [-0.1, -0.05) is 5.16 Å². The van der Waals surface area contributed by atoms with Gasteiger partial charge < -0.3 is 9.84 Å². The predicted octanol–water partition coefficient (Wildman–Crippen LogP) is 0.595. The Bertz CT molecular complexity index is 620. The molecule has 8 heteroatoms. The Kier molecular flexibility index (Phi) is 5.39. The van der Waals surface area contributed by atoms with Gasteiger partial charge in [0.25, 0.3) is 0 Å². The topological polar surface area (TPSA) is 90.7 Å². The van der Waals surface area contributed by atoms with Crippen molar-refractivity contribution in [2.75, 3.05) is 31.5 Å². The summed E-state index contributed by atoms with van der Waals surface area (Å²) in [6.45, 7) is 8.71. The van der Waals surface area contributed by atoms with Crippen molar-refractivity contribution in [3.05, 3.63) is 11.8 Å². The van der Waals surface area contributed by atoms with Gasteiger partial charge >= 0.3 is 0 Å². The lowest BCUT2D eigenvalue weighted by Gasteiger charge is -2.39. The molecule has 2 atom stereocenters. The number of nitrogens with one attached hydrogen (secondary N) is 2. The van der Waals surface area contributed by atoms with Crippen LogP contribution in [-0.4, -0.2) is 71.1 Å². The van der Waals surface area contributed by atoms with Crippen LogP contribution in [-0.2, 0) is 9.59 Å². The maximum absolute atomic E-state index is 12.4. The van der Waals surface area contributed by atoms with E-state index in [1.807, 2.05) is 20.8 Å². The third-order valence-electron chi connectivity index (χ3n) is 5.00. The second-order valence-electron chi connectivity index (χ2n) is 7.03. The lowest BCUT2D eigenvalue weighted by Crippen LogP contribution is -2.57. The summed E-state index contributed by atoms with van der Waals surface area (Å²) in [4.78, 5) is 28.8. The third-order valence-corrected chi connectivity index (χ3v) is 5.00. The first-order chi connectivity index (χ1) is 11.9. The minimum absolute atomic E-state index is 0.107. The highest BCUT2D eigenvalue weighted by Crippen LogP contribution is 2.19. The Hall–Kier alpha value is -1.93. The second-order valence-corrected chi connectivity index (χ2v) is 7.03. The summed E-state index contributed by atoms with van der Waals surface area (Å²) in [6.07, 6.45) is 2.20. The van der Waals surface area contributed by atoms with Crippen LogP contribution in [0.5, 0.6) is 0 Å². The van der Waals surface area contributed by atoms with Crippen molar-refractivity contribution in [3.8, 4) is 0 Å². The molecule has 1 saturated carbocycles. The molecule has 1 aliphatic heterocycles. The molecule has 0 radical (unpaired) electrons. The summed E-state index contributed by atoms with van der Waals surface area (Å²) in [5.74, 6) is 0.380. The maximum Gasteiger partial charge on any atom is 0.243 e. The molecule has 0 bridgehead atoms. The van der Waals surface area contributed by atoms with E-state index < -0.39 is 0 Å². The van der Waals surface area contributed by atoms with E-state index in [9.17, 15) is 9.59 Å². The van der Waals surface area contributed by atoms with Crippen LogP contribution in [0.1, 0.15) is 32.4 Å². The van der Waals surface area contributed by atoms with E-state index in [-0.39, 0.29) is 23.9 Å². The van der Waals surface area contributed by atoms with E-state index in [4.69, 9.17) is 4.52 Å². The van der Waals surface area contributed by atoms with E-state index in [1.165, 1.54) is 0 Å². The highest BCUT2D eigenvalue weighted by atomic mass is 16.5. The molecule has 2 aliphatic rings. The number of hydrogen-bond acceptors (Lipinski definition) is 6. The Balaban J connectivity index is 1.45. The molecule has 2 amide bonds. The Morgan fingerprint density at radius 2 is 1.68 bits per heavy atom. The van der Waals surface area contributed by atoms with Crippen molar-refractivity contribution < 1.29 is 14.1 Å². The first-order valence-electron chi connectivity index (χ1n) is 8.96. The van der Waals surface area contributed by atoms with Gasteiger partial charge in [0.15, 0.2) is 0 Å². The van der Waals surface area contributed by atoms with Crippen molar-refractivity contribution in [2.45, 2.75) is 51.7 Å². The monoisotopic (exact) mass is 349 g/mol.